The molecule has 0 saturated heterocycles. The Morgan fingerprint density at radius 3 is 2.59 bits per heavy atom. The van der Waals surface area contributed by atoms with Crippen LogP contribution in [0.25, 0.3) is 0 Å². The predicted octanol–water partition coefficient (Wildman–Crippen LogP) is 3.90. The Kier molecular flexibility index (Phi) is 5.39. The number of pyridine rings is 1. The topological polar surface area (TPSA) is 54.0 Å². The number of nitrogens with one attached hydrogen (secondary N) is 2. The maximum atomic E-state index is 12.3. The minimum atomic E-state index is -0.608. The predicted molar refractivity (Wildman–Crippen MR) is 91.1 cm³/mol. The second kappa shape index (κ2) is 7.27. The highest BCUT2D eigenvalue weighted by Gasteiger charge is 2.26. The first-order chi connectivity index (χ1) is 10.5. The zero-order valence-corrected chi connectivity index (χ0v) is 13.5. The maximum Gasteiger partial charge on any atom is 0.231 e. The molecule has 0 fully saturated rings. The van der Waals surface area contributed by atoms with Crippen molar-refractivity contribution in [3.8, 4) is 0 Å². The molecule has 2 aromatic rings. The molecule has 5 heteroatoms. The minimum Gasteiger partial charge on any atom is -0.366 e. The Labute approximate surface area is 135 Å². The van der Waals surface area contributed by atoms with Gasteiger partial charge in [0.05, 0.1) is 5.41 Å². The van der Waals surface area contributed by atoms with E-state index < -0.39 is 5.41 Å². The molecule has 2 rings (SSSR count). The van der Waals surface area contributed by atoms with Crippen molar-refractivity contribution in [1.29, 1.82) is 0 Å². The standard InChI is InChI=1S/C17H20ClN3O/c1-17(2,12-18)16(22)21-14-8-4-3-7-13(14)11-20-15-9-5-6-10-19-15/h3-10H,11-12H2,1-2H3,(H,19,20)(H,21,22). The number of benzene rings is 1. The summed E-state index contributed by atoms with van der Waals surface area (Å²) in [4.78, 5) is 16.5. The summed E-state index contributed by atoms with van der Waals surface area (Å²) in [7, 11) is 0. The van der Waals surface area contributed by atoms with Crippen molar-refractivity contribution < 1.29 is 4.79 Å². The summed E-state index contributed by atoms with van der Waals surface area (Å²) in [5.41, 5.74) is 1.17. The normalized spacial score (nSPS) is 11.0. The lowest BCUT2D eigenvalue weighted by Gasteiger charge is -2.21. The Morgan fingerprint density at radius 2 is 1.91 bits per heavy atom. The SMILES string of the molecule is CC(C)(CCl)C(=O)Nc1ccccc1CNc1ccccn1. The molecular formula is C17H20ClN3O. The van der Waals surface area contributed by atoms with Crippen LogP contribution in [0.4, 0.5) is 11.5 Å². The van der Waals surface area contributed by atoms with Crippen molar-refractivity contribution in [3.63, 3.8) is 0 Å². The number of rotatable bonds is 6. The molecule has 116 valence electrons. The summed E-state index contributed by atoms with van der Waals surface area (Å²) >= 11 is 5.85. The summed E-state index contributed by atoms with van der Waals surface area (Å²) in [5, 5.41) is 6.19. The molecule has 1 heterocycles. The van der Waals surface area contributed by atoms with Crippen LogP contribution in [0.3, 0.4) is 0 Å². The third-order valence-electron chi connectivity index (χ3n) is 3.34. The Bertz CT molecular complexity index is 629. The van der Waals surface area contributed by atoms with Gasteiger partial charge in [-0.05, 0) is 37.6 Å². The summed E-state index contributed by atoms with van der Waals surface area (Å²) in [6.45, 7) is 4.23. The monoisotopic (exact) mass is 317 g/mol. The van der Waals surface area contributed by atoms with Crippen molar-refractivity contribution in [3.05, 3.63) is 54.2 Å². The van der Waals surface area contributed by atoms with E-state index in [2.05, 4.69) is 15.6 Å². The van der Waals surface area contributed by atoms with Crippen molar-refractivity contribution in [2.75, 3.05) is 16.5 Å². The smallest absolute Gasteiger partial charge is 0.231 e. The number of halogens is 1. The van der Waals surface area contributed by atoms with E-state index in [9.17, 15) is 4.79 Å². The summed E-state index contributed by atoms with van der Waals surface area (Å²) in [6.07, 6.45) is 1.74. The Morgan fingerprint density at radius 1 is 1.18 bits per heavy atom. The highest BCUT2D eigenvalue weighted by Crippen LogP contribution is 2.22. The first-order valence-electron chi connectivity index (χ1n) is 7.13. The highest BCUT2D eigenvalue weighted by atomic mass is 35.5. The lowest BCUT2D eigenvalue weighted by atomic mass is 9.95. The number of carbonyl (C=O) groups excluding carboxylic acids is 1. The van der Waals surface area contributed by atoms with Crippen LogP contribution in [-0.4, -0.2) is 16.8 Å². The van der Waals surface area contributed by atoms with Gasteiger partial charge < -0.3 is 10.6 Å². The summed E-state index contributed by atoms with van der Waals surface area (Å²) in [6, 6.07) is 13.4. The van der Waals surface area contributed by atoms with Gasteiger partial charge in [0.1, 0.15) is 5.82 Å². The Balaban J connectivity index is 2.08. The Hall–Kier alpha value is -2.07. The molecule has 0 atom stereocenters. The maximum absolute atomic E-state index is 12.3. The van der Waals surface area contributed by atoms with Gasteiger partial charge in [0.2, 0.25) is 5.91 Å². The van der Waals surface area contributed by atoms with Crippen LogP contribution in [0, 0.1) is 5.41 Å². The molecule has 0 aliphatic carbocycles. The van der Waals surface area contributed by atoms with Crippen molar-refractivity contribution in [1.82, 2.24) is 4.98 Å². The van der Waals surface area contributed by atoms with Crippen LogP contribution in [0.5, 0.6) is 0 Å². The molecule has 0 spiro atoms. The third kappa shape index (κ3) is 4.21. The van der Waals surface area contributed by atoms with Crippen molar-refractivity contribution >= 4 is 29.0 Å². The van der Waals surface area contributed by atoms with Crippen molar-refractivity contribution in [2.24, 2.45) is 5.41 Å². The second-order valence-corrected chi connectivity index (χ2v) is 5.96. The fourth-order valence-corrected chi connectivity index (χ4v) is 1.92. The molecule has 0 unspecified atom stereocenters. The van der Waals surface area contributed by atoms with Gasteiger partial charge in [-0.2, -0.15) is 0 Å². The molecule has 1 amide bonds. The number of para-hydroxylation sites is 1. The first-order valence-corrected chi connectivity index (χ1v) is 7.66. The van der Waals surface area contributed by atoms with E-state index in [1.165, 1.54) is 0 Å². The number of alkyl halides is 1. The molecular weight excluding hydrogens is 298 g/mol. The number of carbonyl (C=O) groups is 1. The number of amides is 1. The first kappa shape index (κ1) is 16.3. The molecule has 0 radical (unpaired) electrons. The number of hydrogen-bond acceptors (Lipinski definition) is 3. The van der Waals surface area contributed by atoms with E-state index in [4.69, 9.17) is 11.6 Å². The minimum absolute atomic E-state index is 0.0900. The fraction of sp³-hybridized carbons (Fsp3) is 0.294. The van der Waals surface area contributed by atoms with E-state index in [1.54, 1.807) is 6.20 Å². The molecule has 1 aromatic carbocycles. The molecule has 0 saturated carbocycles. The van der Waals surface area contributed by atoms with E-state index >= 15 is 0 Å². The quantitative estimate of drug-likeness (QED) is 0.795. The van der Waals surface area contributed by atoms with Gasteiger partial charge in [-0.3, -0.25) is 4.79 Å². The number of aromatic nitrogens is 1. The van der Waals surface area contributed by atoms with Crippen LogP contribution in [-0.2, 0) is 11.3 Å². The molecule has 0 aliphatic rings. The lowest BCUT2D eigenvalue weighted by molar-refractivity contribution is -0.122. The molecule has 1 aromatic heterocycles. The fourth-order valence-electron chi connectivity index (χ4n) is 1.80. The van der Waals surface area contributed by atoms with Gasteiger partial charge in [-0.1, -0.05) is 24.3 Å². The average Bonchev–Trinajstić information content (AvgIpc) is 2.55. The number of anilines is 2. The number of hydrogen-bond donors (Lipinski definition) is 2. The van der Waals surface area contributed by atoms with Crippen LogP contribution in [0.1, 0.15) is 19.4 Å². The van der Waals surface area contributed by atoms with Gasteiger partial charge in [0.25, 0.3) is 0 Å². The average molecular weight is 318 g/mol. The van der Waals surface area contributed by atoms with Crippen LogP contribution in [0.2, 0.25) is 0 Å². The molecule has 2 N–H and O–H groups in total. The van der Waals surface area contributed by atoms with Gasteiger partial charge in [0, 0.05) is 24.3 Å². The third-order valence-corrected chi connectivity index (χ3v) is 4.01. The molecule has 4 nitrogen and oxygen atoms in total. The summed E-state index contributed by atoms with van der Waals surface area (Å²) in [5.74, 6) is 0.977. The van der Waals surface area contributed by atoms with E-state index in [0.717, 1.165) is 17.1 Å². The van der Waals surface area contributed by atoms with Gasteiger partial charge in [-0.25, -0.2) is 4.98 Å². The zero-order valence-electron chi connectivity index (χ0n) is 12.8. The van der Waals surface area contributed by atoms with Crippen LogP contribution < -0.4 is 10.6 Å². The number of nitrogens with zero attached hydrogens (tertiary/aromatic N) is 1. The molecule has 22 heavy (non-hydrogen) atoms. The van der Waals surface area contributed by atoms with Crippen LogP contribution in [0.15, 0.2) is 48.7 Å². The van der Waals surface area contributed by atoms with Gasteiger partial charge >= 0.3 is 0 Å². The van der Waals surface area contributed by atoms with E-state index in [-0.39, 0.29) is 11.8 Å². The van der Waals surface area contributed by atoms with E-state index in [0.29, 0.717) is 6.54 Å². The zero-order chi connectivity index (χ0) is 16.0. The largest absolute Gasteiger partial charge is 0.366 e. The van der Waals surface area contributed by atoms with Gasteiger partial charge in [-0.15, -0.1) is 11.6 Å². The molecule has 0 aliphatic heterocycles. The highest BCUT2D eigenvalue weighted by molar-refractivity contribution is 6.20. The summed E-state index contributed by atoms with van der Waals surface area (Å²) < 4.78 is 0. The van der Waals surface area contributed by atoms with Crippen molar-refractivity contribution in [2.45, 2.75) is 20.4 Å². The van der Waals surface area contributed by atoms with Gasteiger partial charge in [0.15, 0.2) is 0 Å². The lowest BCUT2D eigenvalue weighted by Crippen LogP contribution is -2.32. The van der Waals surface area contributed by atoms with Crippen LogP contribution >= 0.6 is 11.6 Å². The molecule has 0 bridgehead atoms. The second-order valence-electron chi connectivity index (χ2n) is 5.70. The van der Waals surface area contributed by atoms with E-state index in [1.807, 2.05) is 56.3 Å².